The van der Waals surface area contributed by atoms with Crippen molar-refractivity contribution >= 4 is 0 Å². The highest BCUT2D eigenvalue weighted by Crippen LogP contribution is 2.38. The van der Waals surface area contributed by atoms with Crippen LogP contribution in [0.15, 0.2) is 12.2 Å². The molecule has 2 atom stereocenters. The molecule has 0 aromatic carbocycles. The van der Waals surface area contributed by atoms with E-state index in [1.807, 2.05) is 0 Å². The Labute approximate surface area is 56.0 Å². The number of fused-ring (bicyclic) bond motifs is 2. The first-order valence-electron chi connectivity index (χ1n) is 3.39. The van der Waals surface area contributed by atoms with Crippen LogP contribution in [0, 0.1) is 23.7 Å². The highest BCUT2D eigenvalue weighted by Gasteiger charge is 2.25. The number of rotatable bonds is 0. The van der Waals surface area contributed by atoms with Gasteiger partial charge in [0.15, 0.2) is 0 Å². The third-order valence-corrected chi connectivity index (χ3v) is 2.17. The molecule has 0 heterocycles. The van der Waals surface area contributed by atoms with Gasteiger partial charge in [0.05, 0.1) is 0 Å². The van der Waals surface area contributed by atoms with Gasteiger partial charge in [-0.15, -0.1) is 0 Å². The number of nitrogens with zero attached hydrogens (tertiary/aromatic N) is 1. The van der Waals surface area contributed by atoms with Gasteiger partial charge in [-0.25, -0.2) is 5.26 Å². The standard InChI is InChI=1S/C7H10.CHN/c1-2-7-4-3-6(1)5-7;1-2/h1-2,6-7H,3-5H2;1H. The first-order chi connectivity index (χ1) is 4.45. The van der Waals surface area contributed by atoms with Crippen molar-refractivity contribution in [3.05, 3.63) is 12.2 Å². The summed E-state index contributed by atoms with van der Waals surface area (Å²) in [6.07, 6.45) is 9.19. The van der Waals surface area contributed by atoms with Crippen molar-refractivity contribution in [1.82, 2.24) is 0 Å². The van der Waals surface area contributed by atoms with Crippen molar-refractivity contribution in [3.8, 4) is 6.57 Å². The highest BCUT2D eigenvalue weighted by molar-refractivity contribution is 5.06. The maximum absolute atomic E-state index is 6.50. The maximum Gasteiger partial charge on any atom is 0.0462 e. The van der Waals surface area contributed by atoms with Gasteiger partial charge in [-0.05, 0) is 31.1 Å². The van der Waals surface area contributed by atoms with Gasteiger partial charge in [0.1, 0.15) is 0 Å². The number of hydrogen-bond acceptors (Lipinski definition) is 1. The van der Waals surface area contributed by atoms with E-state index in [1.54, 1.807) is 0 Å². The quantitative estimate of drug-likeness (QED) is 0.450. The molecule has 0 radical (unpaired) electrons. The average Bonchev–Trinajstić information content (AvgIpc) is 2.53. The summed E-state index contributed by atoms with van der Waals surface area (Å²) in [4.78, 5) is 0. The molecule has 1 saturated carbocycles. The zero-order valence-electron chi connectivity index (χ0n) is 5.46. The summed E-state index contributed by atoms with van der Waals surface area (Å²) in [5, 5.41) is 6.50. The fourth-order valence-corrected chi connectivity index (χ4v) is 1.72. The second-order valence-electron chi connectivity index (χ2n) is 2.72. The van der Waals surface area contributed by atoms with E-state index < -0.39 is 0 Å². The summed E-state index contributed by atoms with van der Waals surface area (Å²) >= 11 is 0. The number of allylic oxidation sites excluding steroid dienone is 2. The summed E-state index contributed by atoms with van der Waals surface area (Å²) in [7, 11) is 0. The minimum atomic E-state index is 0.991. The fraction of sp³-hybridized carbons (Fsp3) is 0.625. The van der Waals surface area contributed by atoms with E-state index in [2.05, 4.69) is 18.7 Å². The molecule has 0 spiro atoms. The average molecular weight is 121 g/mol. The Bertz CT molecular complexity index is 123. The van der Waals surface area contributed by atoms with E-state index >= 15 is 0 Å². The zero-order chi connectivity index (χ0) is 6.69. The summed E-state index contributed by atoms with van der Waals surface area (Å²) in [6, 6.07) is 0. The molecule has 2 rings (SSSR count). The number of hydrogen-bond donors (Lipinski definition) is 0. The van der Waals surface area contributed by atoms with Gasteiger partial charge in [0, 0.05) is 6.57 Å². The Morgan fingerprint density at radius 3 is 1.67 bits per heavy atom. The van der Waals surface area contributed by atoms with Gasteiger partial charge >= 0.3 is 0 Å². The molecule has 2 aliphatic carbocycles. The predicted molar refractivity (Wildman–Crippen MR) is 36.6 cm³/mol. The molecular formula is C8H11N. The van der Waals surface area contributed by atoms with Crippen LogP contribution in [-0.2, 0) is 0 Å². The predicted octanol–water partition coefficient (Wildman–Crippen LogP) is 2.11. The first-order valence-corrected chi connectivity index (χ1v) is 3.39. The van der Waals surface area contributed by atoms with E-state index in [4.69, 9.17) is 5.26 Å². The van der Waals surface area contributed by atoms with Crippen LogP contribution in [0.3, 0.4) is 0 Å². The van der Waals surface area contributed by atoms with E-state index in [0.29, 0.717) is 0 Å². The van der Waals surface area contributed by atoms with Crippen molar-refractivity contribution in [2.45, 2.75) is 19.3 Å². The van der Waals surface area contributed by atoms with E-state index in [9.17, 15) is 0 Å². The minimum absolute atomic E-state index is 0.991. The Hall–Kier alpha value is -0.770. The first kappa shape index (κ1) is 6.35. The Kier molecular flexibility index (Phi) is 1.89. The second kappa shape index (κ2) is 2.68. The van der Waals surface area contributed by atoms with Crippen LogP contribution in [-0.4, -0.2) is 0 Å². The van der Waals surface area contributed by atoms with Gasteiger partial charge in [-0.1, -0.05) is 12.2 Å². The van der Waals surface area contributed by atoms with Crippen molar-refractivity contribution in [2.24, 2.45) is 11.8 Å². The largest absolute Gasteiger partial charge is 0.202 e. The third-order valence-electron chi connectivity index (χ3n) is 2.17. The molecule has 0 aromatic rings. The lowest BCUT2D eigenvalue weighted by atomic mass is 10.1. The van der Waals surface area contributed by atoms with Gasteiger partial charge in [0.2, 0.25) is 0 Å². The summed E-state index contributed by atoms with van der Waals surface area (Å²) in [6.45, 7) is 3.50. The summed E-state index contributed by atoms with van der Waals surface area (Å²) in [5.41, 5.74) is 0. The van der Waals surface area contributed by atoms with E-state index in [0.717, 1.165) is 11.8 Å². The van der Waals surface area contributed by atoms with Gasteiger partial charge in [0.25, 0.3) is 0 Å². The molecule has 0 saturated heterocycles. The normalized spacial score (nSPS) is 35.8. The molecule has 2 unspecified atom stereocenters. The molecule has 48 valence electrons. The Morgan fingerprint density at radius 2 is 1.56 bits per heavy atom. The van der Waals surface area contributed by atoms with Gasteiger partial charge in [-0.3, -0.25) is 0 Å². The van der Waals surface area contributed by atoms with E-state index in [-0.39, 0.29) is 0 Å². The molecule has 1 heteroatoms. The van der Waals surface area contributed by atoms with Crippen molar-refractivity contribution in [1.29, 1.82) is 5.26 Å². The van der Waals surface area contributed by atoms with Crippen LogP contribution < -0.4 is 0 Å². The van der Waals surface area contributed by atoms with Gasteiger partial charge < -0.3 is 0 Å². The zero-order valence-corrected chi connectivity index (χ0v) is 5.46. The lowest BCUT2D eigenvalue weighted by molar-refractivity contribution is 0.691. The third kappa shape index (κ3) is 1.13. The van der Waals surface area contributed by atoms with Crippen molar-refractivity contribution in [3.63, 3.8) is 0 Å². The monoisotopic (exact) mass is 121 g/mol. The van der Waals surface area contributed by atoms with Crippen LogP contribution in [0.1, 0.15) is 19.3 Å². The molecule has 1 fully saturated rings. The number of nitriles is 1. The van der Waals surface area contributed by atoms with Crippen molar-refractivity contribution < 1.29 is 0 Å². The minimum Gasteiger partial charge on any atom is -0.202 e. The molecule has 0 N–H and O–H groups in total. The van der Waals surface area contributed by atoms with Crippen LogP contribution >= 0.6 is 0 Å². The molecule has 0 aromatic heterocycles. The summed E-state index contributed by atoms with van der Waals surface area (Å²) < 4.78 is 0. The fourth-order valence-electron chi connectivity index (χ4n) is 1.72. The van der Waals surface area contributed by atoms with Crippen LogP contribution in [0.5, 0.6) is 0 Å². The van der Waals surface area contributed by atoms with Gasteiger partial charge in [-0.2, -0.15) is 0 Å². The van der Waals surface area contributed by atoms with Crippen molar-refractivity contribution in [2.75, 3.05) is 0 Å². The topological polar surface area (TPSA) is 23.8 Å². The van der Waals surface area contributed by atoms with Crippen LogP contribution in [0.4, 0.5) is 0 Å². The SMILES string of the molecule is C#N.C1=CC2CCC1C2. The lowest BCUT2D eigenvalue weighted by Gasteiger charge is -1.96. The smallest absolute Gasteiger partial charge is 0.0462 e. The molecule has 2 bridgehead atoms. The molecule has 1 nitrogen and oxygen atoms in total. The second-order valence-corrected chi connectivity index (χ2v) is 2.72. The van der Waals surface area contributed by atoms with E-state index in [1.165, 1.54) is 19.3 Å². The Morgan fingerprint density at radius 1 is 1.11 bits per heavy atom. The Balaban J connectivity index is 0.000000186. The molecule has 0 amide bonds. The molecule has 2 aliphatic rings. The lowest BCUT2D eigenvalue weighted by Crippen LogP contribution is -1.82. The molecule has 9 heavy (non-hydrogen) atoms. The van der Waals surface area contributed by atoms with Crippen LogP contribution in [0.2, 0.25) is 0 Å². The summed E-state index contributed by atoms with van der Waals surface area (Å²) in [5.74, 6) is 1.98. The van der Waals surface area contributed by atoms with Crippen LogP contribution in [0.25, 0.3) is 0 Å². The highest BCUT2D eigenvalue weighted by atomic mass is 14.3. The maximum atomic E-state index is 6.50. The molecule has 0 aliphatic heterocycles. The molecular weight excluding hydrogens is 110 g/mol.